The van der Waals surface area contributed by atoms with Crippen molar-refractivity contribution >= 4 is 32.6 Å². The minimum Gasteiger partial charge on any atom is -0.379 e. The van der Waals surface area contributed by atoms with Crippen molar-refractivity contribution in [3.63, 3.8) is 0 Å². The van der Waals surface area contributed by atoms with Crippen molar-refractivity contribution in [3.05, 3.63) is 0 Å². The molecule has 0 radical (unpaired) electrons. The molecule has 1 aliphatic heterocycles. The van der Waals surface area contributed by atoms with E-state index in [1.165, 1.54) is 0 Å². The van der Waals surface area contributed by atoms with Gasteiger partial charge in [-0.1, -0.05) is 0 Å². The molecule has 5 heteroatoms. The molecule has 0 amide bonds. The highest BCUT2D eigenvalue weighted by Crippen LogP contribution is 2.05. The Morgan fingerprint density at radius 1 is 1.44 bits per heavy atom. The molecular formula is C4H8INO2S. The molecule has 0 bridgehead atoms. The summed E-state index contributed by atoms with van der Waals surface area (Å²) in [5.74, 6) is 1.21. The summed E-state index contributed by atoms with van der Waals surface area (Å²) in [6.45, 7) is 1.21. The smallest absolute Gasteiger partial charge is 0.0952 e. The molecule has 0 aromatic heterocycles. The molecule has 1 heterocycles. The molecule has 0 atom stereocenters. The van der Waals surface area contributed by atoms with Gasteiger partial charge in [0, 0.05) is 0 Å². The van der Waals surface area contributed by atoms with Crippen LogP contribution in [0.15, 0.2) is 2.58 Å². The molecule has 1 fully saturated rings. The number of rotatable bonds is 0. The summed E-state index contributed by atoms with van der Waals surface area (Å²) in [5.41, 5.74) is 0. The highest BCUT2D eigenvalue weighted by Gasteiger charge is 2.13. The Balaban J connectivity index is 2.70. The second-order valence-corrected chi connectivity index (χ2v) is 5.54. The predicted molar refractivity (Wildman–Crippen MR) is 45.1 cm³/mol. The molecule has 0 aromatic rings. The minimum absolute atomic E-state index is 0.603. The van der Waals surface area contributed by atoms with Gasteiger partial charge in [-0.15, -0.1) is 0 Å². The average Bonchev–Trinajstić information content (AvgIpc) is 1.90. The largest absolute Gasteiger partial charge is 0.379 e. The topological polar surface area (TPSA) is 38.7 Å². The lowest BCUT2D eigenvalue weighted by molar-refractivity contribution is 0.158. The fourth-order valence-electron chi connectivity index (χ4n) is 0.651. The predicted octanol–water partition coefficient (Wildman–Crippen LogP) is 0.835. The van der Waals surface area contributed by atoms with Crippen molar-refractivity contribution in [2.24, 2.45) is 2.58 Å². The zero-order valence-corrected chi connectivity index (χ0v) is 7.85. The second-order valence-electron chi connectivity index (χ2n) is 1.86. The zero-order chi connectivity index (χ0) is 6.74. The van der Waals surface area contributed by atoms with Gasteiger partial charge in [0.1, 0.15) is 0 Å². The molecule has 0 aliphatic carbocycles. The van der Waals surface area contributed by atoms with E-state index in [4.69, 9.17) is 4.74 Å². The lowest BCUT2D eigenvalue weighted by Gasteiger charge is -2.14. The molecule has 1 saturated heterocycles. The van der Waals surface area contributed by atoms with Gasteiger partial charge >= 0.3 is 0 Å². The van der Waals surface area contributed by atoms with Crippen LogP contribution in [0.3, 0.4) is 0 Å². The zero-order valence-electron chi connectivity index (χ0n) is 4.88. The van der Waals surface area contributed by atoms with Gasteiger partial charge < -0.3 is 4.74 Å². The quantitative estimate of drug-likeness (QED) is 0.606. The van der Waals surface area contributed by atoms with Crippen LogP contribution in [0, 0.1) is 0 Å². The summed E-state index contributed by atoms with van der Waals surface area (Å²) >= 11 is 1.82. The van der Waals surface area contributed by atoms with Crippen molar-refractivity contribution in [1.82, 2.24) is 0 Å². The van der Waals surface area contributed by atoms with Gasteiger partial charge in [0.25, 0.3) is 0 Å². The normalized spacial score (nSPS) is 25.4. The summed E-state index contributed by atoms with van der Waals surface area (Å²) < 4.78 is 20.1. The molecule has 1 rings (SSSR count). The van der Waals surface area contributed by atoms with Crippen LogP contribution in [0.5, 0.6) is 0 Å². The molecule has 3 nitrogen and oxygen atoms in total. The molecule has 0 unspecified atom stereocenters. The van der Waals surface area contributed by atoms with E-state index in [-0.39, 0.29) is 0 Å². The van der Waals surface area contributed by atoms with Gasteiger partial charge in [-0.05, 0) is 0 Å². The lowest BCUT2D eigenvalue weighted by Crippen LogP contribution is -2.24. The first-order valence-electron chi connectivity index (χ1n) is 2.67. The Morgan fingerprint density at radius 2 is 2.00 bits per heavy atom. The Hall–Kier alpha value is 0.640. The summed E-state index contributed by atoms with van der Waals surface area (Å²) in [7, 11) is -1.84. The molecule has 0 saturated carbocycles. The van der Waals surface area contributed by atoms with Crippen LogP contribution in [0.4, 0.5) is 0 Å². The van der Waals surface area contributed by atoms with Crippen molar-refractivity contribution in [2.75, 3.05) is 24.7 Å². The van der Waals surface area contributed by atoms with Crippen molar-refractivity contribution in [3.8, 4) is 0 Å². The third-order valence-electron chi connectivity index (χ3n) is 1.22. The summed E-state index contributed by atoms with van der Waals surface area (Å²) in [4.78, 5) is 0. The van der Waals surface area contributed by atoms with E-state index >= 15 is 0 Å². The first-order valence-corrected chi connectivity index (χ1v) is 5.49. The van der Waals surface area contributed by atoms with Gasteiger partial charge in [-0.3, -0.25) is 0 Å². The molecule has 0 spiro atoms. The van der Waals surface area contributed by atoms with E-state index in [0.717, 1.165) is 0 Å². The maximum Gasteiger partial charge on any atom is 0.0952 e. The Kier molecular flexibility index (Phi) is 2.72. The van der Waals surface area contributed by atoms with Crippen LogP contribution in [-0.4, -0.2) is 28.9 Å². The standard InChI is InChI=1S/C4H8INO2S/c5-6-9(7)3-1-8-2-4-9/h1-4H2. The molecule has 9 heavy (non-hydrogen) atoms. The third-order valence-corrected chi connectivity index (χ3v) is 5.23. The van der Waals surface area contributed by atoms with Crippen molar-refractivity contribution < 1.29 is 8.95 Å². The molecule has 54 valence electrons. The Labute approximate surface area is 68.8 Å². The van der Waals surface area contributed by atoms with Crippen LogP contribution in [0.25, 0.3) is 0 Å². The van der Waals surface area contributed by atoms with E-state index in [9.17, 15) is 4.21 Å². The van der Waals surface area contributed by atoms with Crippen molar-refractivity contribution in [1.29, 1.82) is 0 Å². The SMILES string of the molecule is O=S1(=NI)CCOCC1. The first kappa shape index (κ1) is 7.74. The third kappa shape index (κ3) is 2.05. The van der Waals surface area contributed by atoms with Crippen LogP contribution < -0.4 is 0 Å². The number of ether oxygens (including phenoxy) is 1. The highest BCUT2D eigenvalue weighted by atomic mass is 127. The van der Waals surface area contributed by atoms with Gasteiger partial charge in [0.05, 0.1) is 57.3 Å². The summed E-state index contributed by atoms with van der Waals surface area (Å²) in [6.07, 6.45) is 0. The van der Waals surface area contributed by atoms with Gasteiger partial charge in [0.15, 0.2) is 0 Å². The van der Waals surface area contributed by atoms with Gasteiger partial charge in [-0.2, -0.15) is 2.58 Å². The van der Waals surface area contributed by atoms with Crippen LogP contribution in [0.2, 0.25) is 0 Å². The number of hydrogen-bond acceptors (Lipinski definition) is 3. The van der Waals surface area contributed by atoms with Crippen LogP contribution in [0.1, 0.15) is 0 Å². The Morgan fingerprint density at radius 3 is 2.33 bits per heavy atom. The van der Waals surface area contributed by atoms with E-state index in [0.29, 0.717) is 24.7 Å². The van der Waals surface area contributed by atoms with E-state index in [1.807, 2.05) is 22.9 Å². The fourth-order valence-corrected chi connectivity index (χ4v) is 2.93. The maximum absolute atomic E-state index is 11.3. The van der Waals surface area contributed by atoms with Crippen LogP contribution >= 0.6 is 22.9 Å². The van der Waals surface area contributed by atoms with Gasteiger partial charge in [0.2, 0.25) is 0 Å². The van der Waals surface area contributed by atoms with E-state index < -0.39 is 9.73 Å². The molecule has 0 aromatic carbocycles. The minimum atomic E-state index is -1.84. The first-order chi connectivity index (χ1) is 4.27. The number of nitrogens with zero attached hydrogens (tertiary/aromatic N) is 1. The second kappa shape index (κ2) is 3.16. The fraction of sp³-hybridized carbons (Fsp3) is 1.00. The van der Waals surface area contributed by atoms with Crippen molar-refractivity contribution in [2.45, 2.75) is 0 Å². The summed E-state index contributed by atoms with van der Waals surface area (Å²) in [5, 5.41) is 0. The summed E-state index contributed by atoms with van der Waals surface area (Å²) in [6, 6.07) is 0. The average molecular weight is 261 g/mol. The monoisotopic (exact) mass is 261 g/mol. The number of hydrogen-bond donors (Lipinski definition) is 0. The van der Waals surface area contributed by atoms with E-state index in [2.05, 4.69) is 2.58 Å². The van der Waals surface area contributed by atoms with Crippen LogP contribution in [-0.2, 0) is 14.5 Å². The molecular weight excluding hydrogens is 253 g/mol. The lowest BCUT2D eigenvalue weighted by atomic mass is 10.8. The molecule has 1 aliphatic rings. The Bertz CT molecular complexity index is 185. The van der Waals surface area contributed by atoms with E-state index in [1.54, 1.807) is 0 Å². The molecule has 0 N–H and O–H groups in total. The maximum atomic E-state index is 11.3. The van der Waals surface area contributed by atoms with Gasteiger partial charge in [-0.25, -0.2) is 4.21 Å². The highest BCUT2D eigenvalue weighted by molar-refractivity contribution is 14.1. The number of halogens is 1.